The molecule has 4 aromatic rings. The molecule has 6 nitrogen and oxygen atoms in total. The molecule has 0 fully saturated rings. The lowest BCUT2D eigenvalue weighted by Crippen LogP contribution is -2.16. The molecule has 1 amide bonds. The number of nitrogens with one attached hydrogen (secondary N) is 1. The van der Waals surface area contributed by atoms with E-state index in [-0.39, 0.29) is 5.91 Å². The van der Waals surface area contributed by atoms with Gasteiger partial charge in [-0.25, -0.2) is 0 Å². The fraction of sp³-hybridized carbons (Fsp3) is 0.0952. The first-order chi connectivity index (χ1) is 13.6. The number of halogens is 1. The number of carbonyl (C=O) groups excluding carboxylic acids is 1. The van der Waals surface area contributed by atoms with E-state index in [1.54, 1.807) is 36.4 Å². The summed E-state index contributed by atoms with van der Waals surface area (Å²) in [5, 5.41) is 7.35. The molecule has 0 atom stereocenters. The lowest BCUT2D eigenvalue weighted by molar-refractivity contribution is 0.0963. The Morgan fingerprint density at radius 2 is 1.75 bits per heavy atom. The van der Waals surface area contributed by atoms with Crippen molar-refractivity contribution < 1.29 is 4.79 Å². The molecule has 1 aromatic carbocycles. The molecule has 0 aliphatic carbocycles. The van der Waals surface area contributed by atoms with Gasteiger partial charge in [0.05, 0.1) is 22.5 Å². The highest BCUT2D eigenvalue weighted by Gasteiger charge is 2.14. The first kappa shape index (κ1) is 18.0. The third-order valence-electron chi connectivity index (χ3n) is 4.55. The number of benzene rings is 1. The monoisotopic (exact) mass is 391 g/mol. The summed E-state index contributed by atoms with van der Waals surface area (Å²) in [5.41, 5.74) is 5.33. The molecule has 7 heteroatoms. The number of rotatable bonds is 4. The molecule has 3 aromatic heterocycles. The van der Waals surface area contributed by atoms with Crippen LogP contribution in [0.1, 0.15) is 10.4 Å². The van der Waals surface area contributed by atoms with Gasteiger partial charge in [0.2, 0.25) is 0 Å². The number of amides is 1. The van der Waals surface area contributed by atoms with Gasteiger partial charge in [-0.3, -0.25) is 14.5 Å². The van der Waals surface area contributed by atoms with Crippen LogP contribution >= 0.6 is 11.6 Å². The SMILES string of the molecule is CNC(=O)c1ccn(-c2c(Cl)cncc2-c2ccc(-c3cnn(C)c3)cc2)c1. The van der Waals surface area contributed by atoms with Gasteiger partial charge in [-0.2, -0.15) is 5.10 Å². The van der Waals surface area contributed by atoms with Gasteiger partial charge in [0.25, 0.3) is 5.91 Å². The van der Waals surface area contributed by atoms with Crippen molar-refractivity contribution in [2.75, 3.05) is 7.05 Å². The number of aromatic nitrogens is 4. The van der Waals surface area contributed by atoms with E-state index < -0.39 is 0 Å². The zero-order valence-corrected chi connectivity index (χ0v) is 16.2. The highest BCUT2D eigenvalue weighted by molar-refractivity contribution is 6.32. The number of carbonyl (C=O) groups is 1. The van der Waals surface area contributed by atoms with Crippen LogP contribution in [0.15, 0.2) is 67.5 Å². The Hall–Kier alpha value is -3.38. The third-order valence-corrected chi connectivity index (χ3v) is 4.82. The molecular weight excluding hydrogens is 374 g/mol. The molecule has 0 saturated heterocycles. The summed E-state index contributed by atoms with van der Waals surface area (Å²) in [7, 11) is 3.50. The van der Waals surface area contributed by atoms with Crippen LogP contribution in [0, 0.1) is 0 Å². The van der Waals surface area contributed by atoms with E-state index in [0.717, 1.165) is 27.9 Å². The zero-order valence-electron chi connectivity index (χ0n) is 15.4. The number of aryl methyl sites for hydroxylation is 1. The summed E-state index contributed by atoms with van der Waals surface area (Å²) in [6.07, 6.45) is 10.8. The normalized spacial score (nSPS) is 10.8. The van der Waals surface area contributed by atoms with Crippen LogP contribution in [0.4, 0.5) is 0 Å². The Morgan fingerprint density at radius 1 is 1.00 bits per heavy atom. The molecule has 0 radical (unpaired) electrons. The lowest BCUT2D eigenvalue weighted by atomic mass is 10.0. The molecule has 140 valence electrons. The van der Waals surface area contributed by atoms with Gasteiger partial charge >= 0.3 is 0 Å². The largest absolute Gasteiger partial charge is 0.355 e. The smallest absolute Gasteiger partial charge is 0.252 e. The average Bonchev–Trinajstić information content (AvgIpc) is 3.37. The van der Waals surface area contributed by atoms with Gasteiger partial charge in [0, 0.05) is 56.2 Å². The van der Waals surface area contributed by atoms with Crippen molar-refractivity contribution in [2.45, 2.75) is 0 Å². The van der Waals surface area contributed by atoms with Crippen LogP contribution < -0.4 is 5.32 Å². The molecular formula is C21H18ClN5O. The lowest BCUT2D eigenvalue weighted by Gasteiger charge is -2.13. The predicted octanol–water partition coefficient (Wildman–Crippen LogP) is 3.95. The minimum absolute atomic E-state index is 0.147. The van der Waals surface area contributed by atoms with Crippen LogP contribution in [0.2, 0.25) is 5.02 Å². The van der Waals surface area contributed by atoms with Gasteiger partial charge in [0.15, 0.2) is 0 Å². The number of nitrogens with zero attached hydrogens (tertiary/aromatic N) is 4. The first-order valence-electron chi connectivity index (χ1n) is 8.70. The van der Waals surface area contributed by atoms with E-state index in [2.05, 4.69) is 15.4 Å². The molecule has 0 saturated carbocycles. The summed E-state index contributed by atoms with van der Waals surface area (Å²) in [5.74, 6) is -0.147. The minimum Gasteiger partial charge on any atom is -0.355 e. The molecule has 28 heavy (non-hydrogen) atoms. The van der Waals surface area contributed by atoms with Crippen molar-refractivity contribution >= 4 is 17.5 Å². The number of hydrogen-bond donors (Lipinski definition) is 1. The molecule has 0 aliphatic heterocycles. The van der Waals surface area contributed by atoms with E-state index in [0.29, 0.717) is 10.6 Å². The van der Waals surface area contributed by atoms with Crippen molar-refractivity contribution in [3.05, 3.63) is 78.1 Å². The molecule has 1 N–H and O–H groups in total. The van der Waals surface area contributed by atoms with E-state index in [4.69, 9.17) is 11.6 Å². The Bertz CT molecular complexity index is 1140. The second-order valence-electron chi connectivity index (χ2n) is 6.38. The van der Waals surface area contributed by atoms with Gasteiger partial charge < -0.3 is 9.88 Å². The molecule has 4 rings (SSSR count). The maximum atomic E-state index is 11.9. The fourth-order valence-electron chi connectivity index (χ4n) is 3.13. The van der Waals surface area contributed by atoms with Gasteiger partial charge in [0.1, 0.15) is 0 Å². The molecule has 0 unspecified atom stereocenters. The molecule has 3 heterocycles. The zero-order chi connectivity index (χ0) is 19.7. The Kier molecular flexibility index (Phi) is 4.71. The number of hydrogen-bond acceptors (Lipinski definition) is 3. The van der Waals surface area contributed by atoms with Crippen molar-refractivity contribution in [2.24, 2.45) is 7.05 Å². The second-order valence-corrected chi connectivity index (χ2v) is 6.79. The van der Waals surface area contributed by atoms with Gasteiger partial charge in [-0.1, -0.05) is 35.9 Å². The van der Waals surface area contributed by atoms with Crippen LogP contribution in [-0.4, -0.2) is 32.3 Å². The third kappa shape index (κ3) is 3.30. The van der Waals surface area contributed by atoms with Crippen LogP contribution in [-0.2, 0) is 7.05 Å². The van der Waals surface area contributed by atoms with Crippen LogP contribution in [0.25, 0.3) is 27.9 Å². The first-order valence-corrected chi connectivity index (χ1v) is 9.08. The molecule has 0 bridgehead atoms. The summed E-state index contributed by atoms with van der Waals surface area (Å²) < 4.78 is 3.62. The predicted molar refractivity (Wildman–Crippen MR) is 110 cm³/mol. The van der Waals surface area contributed by atoms with Crippen LogP contribution in [0.3, 0.4) is 0 Å². The van der Waals surface area contributed by atoms with Crippen molar-refractivity contribution in [1.82, 2.24) is 24.6 Å². The summed E-state index contributed by atoms with van der Waals surface area (Å²) in [6, 6.07) is 9.90. The Labute approximate surface area is 167 Å². The van der Waals surface area contributed by atoms with E-state index >= 15 is 0 Å². The standard InChI is InChI=1S/C21H18ClN5O/c1-23-21(28)16-7-8-27(13-16)20-18(10-24-11-19(20)22)15-5-3-14(4-6-15)17-9-25-26(2)12-17/h3-13H,1-2H3,(H,23,28). The highest BCUT2D eigenvalue weighted by Crippen LogP contribution is 2.33. The fourth-order valence-corrected chi connectivity index (χ4v) is 3.38. The van der Waals surface area contributed by atoms with Gasteiger partial charge in [-0.15, -0.1) is 0 Å². The minimum atomic E-state index is -0.147. The maximum absolute atomic E-state index is 11.9. The highest BCUT2D eigenvalue weighted by atomic mass is 35.5. The average molecular weight is 392 g/mol. The van der Waals surface area contributed by atoms with E-state index in [1.807, 2.05) is 54.5 Å². The van der Waals surface area contributed by atoms with Crippen molar-refractivity contribution in [3.8, 4) is 27.9 Å². The summed E-state index contributed by atoms with van der Waals surface area (Å²) in [6.45, 7) is 0. The second kappa shape index (κ2) is 7.32. The quantitative estimate of drug-likeness (QED) is 0.572. The summed E-state index contributed by atoms with van der Waals surface area (Å²) in [4.78, 5) is 16.1. The van der Waals surface area contributed by atoms with E-state index in [1.165, 1.54) is 0 Å². The number of pyridine rings is 1. The van der Waals surface area contributed by atoms with Crippen LogP contribution in [0.5, 0.6) is 0 Å². The molecule has 0 aliphatic rings. The topological polar surface area (TPSA) is 64.7 Å². The van der Waals surface area contributed by atoms with E-state index in [9.17, 15) is 4.79 Å². The maximum Gasteiger partial charge on any atom is 0.252 e. The van der Waals surface area contributed by atoms with Gasteiger partial charge in [-0.05, 0) is 17.2 Å². The summed E-state index contributed by atoms with van der Waals surface area (Å²) >= 11 is 6.47. The van der Waals surface area contributed by atoms with Crippen molar-refractivity contribution in [3.63, 3.8) is 0 Å². The Balaban J connectivity index is 1.75. The molecule has 0 spiro atoms. The van der Waals surface area contributed by atoms with Crippen molar-refractivity contribution in [1.29, 1.82) is 0 Å². The Morgan fingerprint density at radius 3 is 2.43 bits per heavy atom.